The smallest absolute Gasteiger partial charge is 0.272 e. The first-order chi connectivity index (χ1) is 15.7. The molecule has 0 spiro atoms. The van der Waals surface area contributed by atoms with Gasteiger partial charge in [0, 0.05) is 25.5 Å². The lowest BCUT2D eigenvalue weighted by molar-refractivity contribution is 0.0947. The van der Waals surface area contributed by atoms with E-state index >= 15 is 0 Å². The lowest BCUT2D eigenvalue weighted by atomic mass is 10.2. The quantitative estimate of drug-likeness (QED) is 0.501. The first-order valence-electron chi connectivity index (χ1n) is 10.8. The summed E-state index contributed by atoms with van der Waals surface area (Å²) < 4.78 is 15.2. The Bertz CT molecular complexity index is 1220. The van der Waals surface area contributed by atoms with E-state index in [0.29, 0.717) is 12.2 Å². The summed E-state index contributed by atoms with van der Waals surface area (Å²) in [6.45, 7) is 2.03. The maximum atomic E-state index is 13.1. The van der Waals surface area contributed by atoms with E-state index in [9.17, 15) is 9.18 Å². The van der Waals surface area contributed by atoms with Gasteiger partial charge in [-0.15, -0.1) is 0 Å². The molecule has 4 heterocycles. The second-order valence-electron chi connectivity index (χ2n) is 8.03. The average Bonchev–Trinajstić information content (AvgIpc) is 3.43. The molecule has 1 aliphatic heterocycles. The van der Waals surface area contributed by atoms with Gasteiger partial charge >= 0.3 is 0 Å². The number of aromatic nitrogens is 3. The van der Waals surface area contributed by atoms with Gasteiger partial charge in [0.2, 0.25) is 0 Å². The van der Waals surface area contributed by atoms with Crippen LogP contribution in [0.3, 0.4) is 0 Å². The molecule has 1 fully saturated rings. The van der Waals surface area contributed by atoms with Crippen LogP contribution in [0, 0.1) is 5.82 Å². The molecule has 1 amide bonds. The Morgan fingerprint density at radius 2 is 1.94 bits per heavy atom. The molecule has 1 N–H and O–H groups in total. The van der Waals surface area contributed by atoms with Crippen molar-refractivity contribution in [3.05, 3.63) is 102 Å². The number of likely N-dealkylation sites (tertiary alicyclic amines) is 1. The predicted molar refractivity (Wildman–Crippen MR) is 119 cm³/mol. The van der Waals surface area contributed by atoms with E-state index in [4.69, 9.17) is 4.98 Å². The SMILES string of the molecule is O=C(NCc1ccc(F)cc1)c1nc([C@@H]2CCCN2Cc2ccccn2)n2ccccc12. The number of amides is 1. The normalized spacial score (nSPS) is 16.5. The fourth-order valence-electron chi connectivity index (χ4n) is 4.34. The molecule has 4 aromatic rings. The van der Waals surface area contributed by atoms with E-state index in [1.807, 2.05) is 53.2 Å². The van der Waals surface area contributed by atoms with Crippen LogP contribution in [0.2, 0.25) is 0 Å². The Morgan fingerprint density at radius 1 is 1.09 bits per heavy atom. The van der Waals surface area contributed by atoms with E-state index < -0.39 is 0 Å². The fourth-order valence-corrected chi connectivity index (χ4v) is 4.34. The largest absolute Gasteiger partial charge is 0.347 e. The molecular formula is C25H24FN5O. The molecule has 32 heavy (non-hydrogen) atoms. The lowest BCUT2D eigenvalue weighted by Crippen LogP contribution is -2.25. The van der Waals surface area contributed by atoms with Crippen LogP contribution in [0.1, 0.15) is 46.5 Å². The van der Waals surface area contributed by atoms with Crippen molar-refractivity contribution in [2.45, 2.75) is 32.0 Å². The molecule has 0 radical (unpaired) electrons. The number of pyridine rings is 2. The number of rotatable bonds is 6. The number of nitrogens with one attached hydrogen (secondary N) is 1. The third kappa shape index (κ3) is 4.11. The lowest BCUT2D eigenvalue weighted by Gasteiger charge is -2.23. The summed E-state index contributed by atoms with van der Waals surface area (Å²) in [5, 5.41) is 2.92. The molecule has 1 saturated heterocycles. The van der Waals surface area contributed by atoms with Gasteiger partial charge in [0.1, 0.15) is 11.6 Å². The molecular weight excluding hydrogens is 405 g/mol. The second kappa shape index (κ2) is 8.88. The molecule has 0 unspecified atom stereocenters. The molecule has 162 valence electrons. The van der Waals surface area contributed by atoms with Crippen LogP contribution in [-0.2, 0) is 13.1 Å². The minimum Gasteiger partial charge on any atom is -0.347 e. The van der Waals surface area contributed by atoms with Crippen LogP contribution >= 0.6 is 0 Å². The number of imidazole rings is 1. The molecule has 3 aromatic heterocycles. The van der Waals surface area contributed by atoms with Gasteiger partial charge in [-0.2, -0.15) is 0 Å². The van der Waals surface area contributed by atoms with Gasteiger partial charge in [-0.05, 0) is 61.3 Å². The number of hydrogen-bond donors (Lipinski definition) is 1. The number of halogens is 1. The topological polar surface area (TPSA) is 62.5 Å². The zero-order valence-electron chi connectivity index (χ0n) is 17.6. The van der Waals surface area contributed by atoms with Crippen LogP contribution in [-0.4, -0.2) is 31.7 Å². The van der Waals surface area contributed by atoms with Gasteiger partial charge in [0.05, 0.1) is 17.3 Å². The minimum atomic E-state index is -0.295. The number of carbonyl (C=O) groups excluding carboxylic acids is 1. The summed E-state index contributed by atoms with van der Waals surface area (Å²) >= 11 is 0. The number of fused-ring (bicyclic) bond motifs is 1. The molecule has 0 aliphatic carbocycles. The average molecular weight is 429 g/mol. The molecule has 5 rings (SSSR count). The van der Waals surface area contributed by atoms with Crippen molar-refractivity contribution in [1.29, 1.82) is 0 Å². The van der Waals surface area contributed by atoms with Gasteiger partial charge in [0.25, 0.3) is 5.91 Å². The number of carbonyl (C=O) groups is 1. The van der Waals surface area contributed by atoms with Gasteiger partial charge in [-0.1, -0.05) is 24.3 Å². The standard InChI is InChI=1S/C25H24FN5O/c26-19-11-9-18(10-12-19)16-28-25(32)23-21-7-2-4-15-31(21)24(29-23)22-8-5-14-30(22)17-20-6-1-3-13-27-20/h1-4,6-7,9-13,15,22H,5,8,14,16-17H2,(H,28,32)/t22-/m0/s1. The first kappa shape index (κ1) is 20.3. The molecule has 0 saturated carbocycles. The van der Waals surface area contributed by atoms with Crippen molar-refractivity contribution in [2.24, 2.45) is 0 Å². The summed E-state index contributed by atoms with van der Waals surface area (Å²) in [4.78, 5) is 24.7. The third-order valence-electron chi connectivity index (χ3n) is 5.91. The van der Waals surface area contributed by atoms with Crippen molar-refractivity contribution < 1.29 is 9.18 Å². The second-order valence-corrected chi connectivity index (χ2v) is 8.03. The Kier molecular flexibility index (Phi) is 5.64. The summed E-state index contributed by atoms with van der Waals surface area (Å²) in [7, 11) is 0. The summed E-state index contributed by atoms with van der Waals surface area (Å²) in [6.07, 6.45) is 5.84. The molecule has 6 nitrogen and oxygen atoms in total. The number of benzene rings is 1. The maximum Gasteiger partial charge on any atom is 0.272 e. The van der Waals surface area contributed by atoms with E-state index in [0.717, 1.165) is 48.5 Å². The summed E-state index contributed by atoms with van der Waals surface area (Å²) in [5.41, 5.74) is 3.05. The van der Waals surface area contributed by atoms with Crippen molar-refractivity contribution in [3.63, 3.8) is 0 Å². The highest BCUT2D eigenvalue weighted by Crippen LogP contribution is 2.33. The van der Waals surface area contributed by atoms with Crippen molar-refractivity contribution in [2.75, 3.05) is 6.54 Å². The van der Waals surface area contributed by atoms with E-state index in [1.54, 1.807) is 12.1 Å². The maximum absolute atomic E-state index is 13.1. The van der Waals surface area contributed by atoms with Crippen LogP contribution in [0.4, 0.5) is 4.39 Å². The Hall–Kier alpha value is -3.58. The molecule has 0 bridgehead atoms. The highest BCUT2D eigenvalue weighted by molar-refractivity contribution is 5.99. The van der Waals surface area contributed by atoms with Gasteiger partial charge in [-0.3, -0.25) is 14.7 Å². The van der Waals surface area contributed by atoms with Crippen LogP contribution < -0.4 is 5.32 Å². The number of nitrogens with zero attached hydrogens (tertiary/aromatic N) is 4. The molecule has 1 aliphatic rings. The zero-order chi connectivity index (χ0) is 21.9. The summed E-state index contributed by atoms with van der Waals surface area (Å²) in [5.74, 6) is 0.344. The first-order valence-corrected chi connectivity index (χ1v) is 10.8. The monoisotopic (exact) mass is 429 g/mol. The van der Waals surface area contributed by atoms with Crippen LogP contribution in [0.15, 0.2) is 73.1 Å². The molecule has 1 atom stereocenters. The van der Waals surface area contributed by atoms with Crippen LogP contribution in [0.25, 0.3) is 5.52 Å². The van der Waals surface area contributed by atoms with Crippen molar-refractivity contribution >= 4 is 11.4 Å². The van der Waals surface area contributed by atoms with E-state index in [2.05, 4.69) is 15.2 Å². The fraction of sp³-hybridized carbons (Fsp3) is 0.240. The Morgan fingerprint density at radius 3 is 2.75 bits per heavy atom. The van der Waals surface area contributed by atoms with Gasteiger partial charge < -0.3 is 9.72 Å². The predicted octanol–water partition coefficient (Wildman–Crippen LogP) is 4.14. The highest BCUT2D eigenvalue weighted by atomic mass is 19.1. The van der Waals surface area contributed by atoms with Crippen molar-refractivity contribution in [3.8, 4) is 0 Å². The Labute approximate surface area is 185 Å². The van der Waals surface area contributed by atoms with Gasteiger partial charge in [-0.25, -0.2) is 9.37 Å². The highest BCUT2D eigenvalue weighted by Gasteiger charge is 2.31. The Balaban J connectivity index is 1.40. The third-order valence-corrected chi connectivity index (χ3v) is 5.91. The minimum absolute atomic E-state index is 0.116. The molecule has 1 aromatic carbocycles. The molecule has 7 heteroatoms. The van der Waals surface area contributed by atoms with Crippen LogP contribution in [0.5, 0.6) is 0 Å². The van der Waals surface area contributed by atoms with E-state index in [1.165, 1.54) is 12.1 Å². The van der Waals surface area contributed by atoms with E-state index in [-0.39, 0.29) is 17.8 Å². The summed E-state index contributed by atoms with van der Waals surface area (Å²) in [6, 6.07) is 18.0. The zero-order valence-corrected chi connectivity index (χ0v) is 17.6. The van der Waals surface area contributed by atoms with Crippen molar-refractivity contribution in [1.82, 2.24) is 24.6 Å². The van der Waals surface area contributed by atoms with Gasteiger partial charge in [0.15, 0.2) is 5.69 Å². The number of hydrogen-bond acceptors (Lipinski definition) is 4.